The second-order valence-electron chi connectivity index (χ2n) is 4.03. The molecule has 0 fully saturated rings. The number of carbonyl (C=O) groups is 1. The maximum absolute atomic E-state index is 12.2. The number of ketones is 1. The van der Waals surface area contributed by atoms with Gasteiger partial charge in [0, 0.05) is 26.8 Å². The molecule has 0 bridgehead atoms. The van der Waals surface area contributed by atoms with Crippen molar-refractivity contribution in [3.05, 3.63) is 18.0 Å². The van der Waals surface area contributed by atoms with Crippen molar-refractivity contribution >= 4 is 5.78 Å². The Labute approximate surface area is 96.6 Å². The van der Waals surface area contributed by atoms with Crippen molar-refractivity contribution < 1.29 is 9.53 Å². The van der Waals surface area contributed by atoms with E-state index in [1.807, 2.05) is 27.1 Å². The standard InChI is InChI=1S/C12H20N2O2/c1-5-12(6-2,16-4)11(15)7-10-8-13-14(3)9-10/h8-9H,5-7H2,1-4H3. The van der Waals surface area contributed by atoms with Crippen LogP contribution >= 0.6 is 0 Å². The lowest BCUT2D eigenvalue weighted by molar-refractivity contribution is -0.141. The molecule has 0 aliphatic heterocycles. The zero-order valence-electron chi connectivity index (χ0n) is 10.5. The smallest absolute Gasteiger partial charge is 0.169 e. The van der Waals surface area contributed by atoms with Gasteiger partial charge in [0.2, 0.25) is 0 Å². The first-order chi connectivity index (χ1) is 7.57. The highest BCUT2D eigenvalue weighted by molar-refractivity contribution is 5.89. The summed E-state index contributed by atoms with van der Waals surface area (Å²) in [5.41, 5.74) is 0.311. The number of ether oxygens (including phenoxy) is 1. The van der Waals surface area contributed by atoms with Crippen molar-refractivity contribution in [2.24, 2.45) is 7.05 Å². The van der Waals surface area contributed by atoms with Crippen LogP contribution in [0.15, 0.2) is 12.4 Å². The van der Waals surface area contributed by atoms with Gasteiger partial charge in [-0.3, -0.25) is 9.48 Å². The summed E-state index contributed by atoms with van der Waals surface area (Å²) in [6, 6.07) is 0. The summed E-state index contributed by atoms with van der Waals surface area (Å²) in [6.07, 6.45) is 5.40. The molecule has 0 unspecified atom stereocenters. The second kappa shape index (κ2) is 5.25. The number of aryl methyl sites for hydroxylation is 1. The van der Waals surface area contributed by atoms with Crippen LogP contribution < -0.4 is 0 Å². The van der Waals surface area contributed by atoms with Crippen LogP contribution in [0.4, 0.5) is 0 Å². The van der Waals surface area contributed by atoms with Gasteiger partial charge >= 0.3 is 0 Å². The summed E-state index contributed by atoms with van der Waals surface area (Å²) < 4.78 is 7.10. The summed E-state index contributed by atoms with van der Waals surface area (Å²) in [6.45, 7) is 3.96. The fourth-order valence-electron chi connectivity index (χ4n) is 1.96. The Balaban J connectivity index is 2.77. The van der Waals surface area contributed by atoms with Crippen LogP contribution in [0.2, 0.25) is 0 Å². The van der Waals surface area contributed by atoms with Crippen molar-refractivity contribution in [2.75, 3.05) is 7.11 Å². The third-order valence-electron chi connectivity index (χ3n) is 3.16. The molecule has 4 heteroatoms. The fraction of sp³-hybridized carbons (Fsp3) is 0.667. The number of nitrogens with zero attached hydrogens (tertiary/aromatic N) is 2. The Morgan fingerprint density at radius 2 is 2.12 bits per heavy atom. The SMILES string of the molecule is CCC(CC)(OC)C(=O)Cc1cnn(C)c1. The Bertz CT molecular complexity index is 345. The van der Waals surface area contributed by atoms with Crippen LogP contribution in [-0.4, -0.2) is 28.3 Å². The average Bonchev–Trinajstić information content (AvgIpc) is 2.67. The van der Waals surface area contributed by atoms with Crippen LogP contribution in [0.5, 0.6) is 0 Å². The first-order valence-electron chi connectivity index (χ1n) is 5.64. The average molecular weight is 224 g/mol. The van der Waals surface area contributed by atoms with E-state index in [0.29, 0.717) is 19.3 Å². The first-order valence-corrected chi connectivity index (χ1v) is 5.64. The number of Topliss-reactive ketones (excluding diaryl/α,β-unsaturated/α-hetero) is 1. The predicted molar refractivity (Wildman–Crippen MR) is 62.2 cm³/mol. The molecule has 1 heterocycles. The molecule has 0 N–H and O–H groups in total. The van der Waals surface area contributed by atoms with Crippen LogP contribution in [0.25, 0.3) is 0 Å². The van der Waals surface area contributed by atoms with Gasteiger partial charge in [-0.15, -0.1) is 0 Å². The highest BCUT2D eigenvalue weighted by Gasteiger charge is 2.34. The lowest BCUT2D eigenvalue weighted by Crippen LogP contribution is -2.40. The molecule has 0 saturated heterocycles. The first kappa shape index (κ1) is 12.9. The molecule has 0 spiro atoms. The van der Waals surface area contributed by atoms with Crippen LogP contribution in [-0.2, 0) is 23.0 Å². The molecule has 1 aromatic heterocycles. The van der Waals surface area contributed by atoms with E-state index in [2.05, 4.69) is 5.10 Å². The van der Waals surface area contributed by atoms with Gasteiger partial charge in [-0.05, 0) is 18.4 Å². The van der Waals surface area contributed by atoms with E-state index >= 15 is 0 Å². The zero-order valence-corrected chi connectivity index (χ0v) is 10.5. The maximum atomic E-state index is 12.2. The van der Waals surface area contributed by atoms with Crippen LogP contribution in [0.1, 0.15) is 32.3 Å². The number of aromatic nitrogens is 2. The predicted octanol–water partition coefficient (Wildman–Crippen LogP) is 1.74. The van der Waals surface area contributed by atoms with Gasteiger partial charge in [-0.2, -0.15) is 5.10 Å². The third-order valence-corrected chi connectivity index (χ3v) is 3.16. The molecule has 16 heavy (non-hydrogen) atoms. The van der Waals surface area contributed by atoms with Crippen molar-refractivity contribution in [3.63, 3.8) is 0 Å². The summed E-state index contributed by atoms with van der Waals surface area (Å²) >= 11 is 0. The molecule has 90 valence electrons. The highest BCUT2D eigenvalue weighted by atomic mass is 16.5. The van der Waals surface area contributed by atoms with Crippen molar-refractivity contribution in [1.29, 1.82) is 0 Å². The number of rotatable bonds is 6. The van der Waals surface area contributed by atoms with Crippen molar-refractivity contribution in [3.8, 4) is 0 Å². The topological polar surface area (TPSA) is 44.1 Å². The van der Waals surface area contributed by atoms with Gasteiger partial charge in [0.1, 0.15) is 5.60 Å². The molecule has 1 aromatic rings. The summed E-state index contributed by atoms with van der Waals surface area (Å²) in [5.74, 6) is 0.132. The van der Waals surface area contributed by atoms with E-state index in [0.717, 1.165) is 5.56 Å². The van der Waals surface area contributed by atoms with E-state index in [4.69, 9.17) is 4.74 Å². The summed E-state index contributed by atoms with van der Waals surface area (Å²) in [5, 5.41) is 4.05. The van der Waals surface area contributed by atoms with Crippen LogP contribution in [0.3, 0.4) is 0 Å². The van der Waals surface area contributed by atoms with Gasteiger partial charge < -0.3 is 4.74 Å². The maximum Gasteiger partial charge on any atom is 0.169 e. The molecule has 1 rings (SSSR count). The van der Waals surface area contributed by atoms with E-state index in [-0.39, 0.29) is 5.78 Å². The Morgan fingerprint density at radius 1 is 1.50 bits per heavy atom. The molecule has 0 saturated carbocycles. The minimum atomic E-state index is -0.629. The van der Waals surface area contributed by atoms with Crippen molar-refractivity contribution in [1.82, 2.24) is 9.78 Å². The molecular weight excluding hydrogens is 204 g/mol. The molecule has 0 atom stereocenters. The quantitative estimate of drug-likeness (QED) is 0.739. The summed E-state index contributed by atoms with van der Waals surface area (Å²) in [4.78, 5) is 12.2. The zero-order chi connectivity index (χ0) is 12.2. The number of carbonyl (C=O) groups excluding carboxylic acids is 1. The van der Waals surface area contributed by atoms with E-state index in [1.54, 1.807) is 18.0 Å². The van der Waals surface area contributed by atoms with E-state index < -0.39 is 5.60 Å². The number of hydrogen-bond donors (Lipinski definition) is 0. The lowest BCUT2D eigenvalue weighted by atomic mass is 9.89. The fourth-order valence-corrected chi connectivity index (χ4v) is 1.96. The summed E-state index contributed by atoms with van der Waals surface area (Å²) in [7, 11) is 3.45. The van der Waals surface area contributed by atoms with Crippen molar-refractivity contribution in [2.45, 2.75) is 38.7 Å². The van der Waals surface area contributed by atoms with Gasteiger partial charge in [0.15, 0.2) is 5.78 Å². The van der Waals surface area contributed by atoms with Gasteiger partial charge in [0.25, 0.3) is 0 Å². The molecule has 0 amide bonds. The van der Waals surface area contributed by atoms with E-state index in [1.165, 1.54) is 0 Å². The van der Waals surface area contributed by atoms with Gasteiger partial charge in [0.05, 0.1) is 6.20 Å². The van der Waals surface area contributed by atoms with E-state index in [9.17, 15) is 4.79 Å². The molecular formula is C12H20N2O2. The minimum Gasteiger partial charge on any atom is -0.370 e. The van der Waals surface area contributed by atoms with Gasteiger partial charge in [-0.25, -0.2) is 0 Å². The molecule has 0 aliphatic carbocycles. The van der Waals surface area contributed by atoms with Gasteiger partial charge in [-0.1, -0.05) is 13.8 Å². The van der Waals surface area contributed by atoms with Crippen LogP contribution in [0, 0.1) is 0 Å². The Kier molecular flexibility index (Phi) is 4.24. The molecule has 0 aliphatic rings. The number of hydrogen-bond acceptors (Lipinski definition) is 3. The highest BCUT2D eigenvalue weighted by Crippen LogP contribution is 2.22. The lowest BCUT2D eigenvalue weighted by Gasteiger charge is -2.28. The Hall–Kier alpha value is -1.16. The normalized spacial score (nSPS) is 11.8. The molecule has 4 nitrogen and oxygen atoms in total. The largest absolute Gasteiger partial charge is 0.370 e. The number of methoxy groups -OCH3 is 1. The minimum absolute atomic E-state index is 0.132. The molecule has 0 radical (unpaired) electrons. The second-order valence-corrected chi connectivity index (χ2v) is 4.03. The Morgan fingerprint density at radius 3 is 2.50 bits per heavy atom. The third kappa shape index (κ3) is 2.50. The monoisotopic (exact) mass is 224 g/mol. The molecule has 0 aromatic carbocycles.